The van der Waals surface area contributed by atoms with Crippen LogP contribution < -0.4 is 4.74 Å². The quantitative estimate of drug-likeness (QED) is 0.317. The van der Waals surface area contributed by atoms with Crippen LogP contribution in [0.1, 0.15) is 16.7 Å². The number of carboxylic acids is 1. The number of carboxylic acid groups (broad SMARTS) is 1. The van der Waals surface area contributed by atoms with E-state index in [2.05, 4.69) is 0 Å². The fourth-order valence-electron chi connectivity index (χ4n) is 3.38. The van der Waals surface area contributed by atoms with Gasteiger partial charge in [0.25, 0.3) is 0 Å². The first-order chi connectivity index (χ1) is 15.3. The Kier molecular flexibility index (Phi) is 7.84. The highest BCUT2D eigenvalue weighted by Gasteiger charge is 2.44. The monoisotopic (exact) mass is 446 g/mol. The summed E-state index contributed by atoms with van der Waals surface area (Å²) in [6.45, 7) is -0.594. The van der Waals surface area contributed by atoms with Crippen molar-refractivity contribution in [3.63, 3.8) is 0 Å². The molecule has 1 aliphatic heterocycles. The molecule has 3 rings (SSSR count). The number of ether oxygens (including phenoxy) is 2. The highest BCUT2D eigenvalue weighted by atomic mass is 16.7. The molecule has 2 aromatic rings. The maximum absolute atomic E-state index is 10.9. The smallest absolute Gasteiger partial charge is 0.328 e. The topological polar surface area (TPSA) is 157 Å². The number of aromatic hydroxyl groups is 1. The van der Waals surface area contributed by atoms with Gasteiger partial charge in [-0.2, -0.15) is 0 Å². The molecule has 0 bridgehead atoms. The highest BCUT2D eigenvalue weighted by molar-refractivity contribution is 5.85. The molecule has 9 heteroatoms. The van der Waals surface area contributed by atoms with E-state index in [0.29, 0.717) is 18.4 Å². The second kappa shape index (κ2) is 10.6. The van der Waals surface area contributed by atoms with Crippen LogP contribution in [0.3, 0.4) is 0 Å². The van der Waals surface area contributed by atoms with Gasteiger partial charge in [-0.05, 0) is 48.2 Å². The molecular formula is C23H26O9. The van der Waals surface area contributed by atoms with E-state index in [1.54, 1.807) is 24.3 Å². The van der Waals surface area contributed by atoms with Crippen molar-refractivity contribution >= 4 is 12.0 Å². The normalized spacial score (nSPS) is 25.7. The first kappa shape index (κ1) is 23.7. The van der Waals surface area contributed by atoms with Crippen molar-refractivity contribution in [2.75, 3.05) is 6.61 Å². The molecular weight excluding hydrogens is 420 g/mol. The summed E-state index contributed by atoms with van der Waals surface area (Å²) in [5, 5.41) is 57.9. The van der Waals surface area contributed by atoms with Gasteiger partial charge in [-0.1, -0.05) is 24.3 Å². The van der Waals surface area contributed by atoms with Gasteiger partial charge in [0.15, 0.2) is 0 Å². The van der Waals surface area contributed by atoms with Gasteiger partial charge in [0.05, 0.1) is 6.61 Å². The zero-order valence-corrected chi connectivity index (χ0v) is 17.1. The average molecular weight is 446 g/mol. The Morgan fingerprint density at radius 3 is 2.28 bits per heavy atom. The van der Waals surface area contributed by atoms with Crippen molar-refractivity contribution in [3.05, 3.63) is 65.2 Å². The minimum absolute atomic E-state index is 0.179. The summed E-state index contributed by atoms with van der Waals surface area (Å²) in [6, 6.07) is 12.0. The number of phenols is 1. The summed E-state index contributed by atoms with van der Waals surface area (Å²) in [5.74, 6) is -0.770. The maximum Gasteiger partial charge on any atom is 0.328 e. The number of aliphatic hydroxyl groups excluding tert-OH is 4. The molecule has 0 aromatic heterocycles. The lowest BCUT2D eigenvalue weighted by molar-refractivity contribution is -0.277. The number of hydrogen-bond donors (Lipinski definition) is 6. The van der Waals surface area contributed by atoms with Crippen molar-refractivity contribution in [1.82, 2.24) is 0 Å². The molecule has 6 N–H and O–H groups in total. The molecule has 32 heavy (non-hydrogen) atoms. The third-order valence-electron chi connectivity index (χ3n) is 5.21. The Morgan fingerprint density at radius 2 is 1.62 bits per heavy atom. The van der Waals surface area contributed by atoms with Gasteiger partial charge in [-0.3, -0.25) is 0 Å². The number of hydrogen-bond acceptors (Lipinski definition) is 8. The van der Waals surface area contributed by atoms with Crippen molar-refractivity contribution in [2.45, 2.75) is 43.5 Å². The number of benzene rings is 2. The standard InChI is InChI=1S/C23H26O9/c24-12-18-20(28)21(29)22(30)23(32-18)31-17-11-14(3-6-15(17)7-10-19(26)27)2-1-13-4-8-16(25)9-5-13/h3-11,18,20-25,28-30H,1-2,12H2,(H,26,27)/b10-7+/t18-,20-,21+,22-,23-/m1/s1. The average Bonchev–Trinajstić information content (AvgIpc) is 2.78. The van der Waals surface area contributed by atoms with Crippen molar-refractivity contribution < 1.29 is 44.9 Å². The maximum atomic E-state index is 10.9. The minimum Gasteiger partial charge on any atom is -0.508 e. The van der Waals surface area contributed by atoms with Crippen molar-refractivity contribution in [1.29, 1.82) is 0 Å². The minimum atomic E-state index is -1.60. The van der Waals surface area contributed by atoms with Crippen LogP contribution in [0.25, 0.3) is 6.08 Å². The number of carbonyl (C=O) groups is 1. The van der Waals surface area contributed by atoms with Crippen LogP contribution in [0.2, 0.25) is 0 Å². The van der Waals surface area contributed by atoms with E-state index in [4.69, 9.17) is 14.6 Å². The lowest BCUT2D eigenvalue weighted by atomic mass is 9.99. The summed E-state index contributed by atoms with van der Waals surface area (Å²) in [7, 11) is 0. The fourth-order valence-corrected chi connectivity index (χ4v) is 3.38. The van der Waals surface area contributed by atoms with E-state index >= 15 is 0 Å². The van der Waals surface area contributed by atoms with E-state index in [0.717, 1.165) is 17.2 Å². The Balaban J connectivity index is 1.82. The highest BCUT2D eigenvalue weighted by Crippen LogP contribution is 2.29. The van der Waals surface area contributed by atoms with Crippen LogP contribution in [0, 0.1) is 0 Å². The Bertz CT molecular complexity index is 939. The first-order valence-electron chi connectivity index (χ1n) is 10.1. The fraction of sp³-hybridized carbons (Fsp3) is 0.348. The Hall–Kier alpha value is -2.95. The summed E-state index contributed by atoms with van der Waals surface area (Å²) in [5.41, 5.74) is 2.26. The van der Waals surface area contributed by atoms with Crippen LogP contribution in [-0.4, -0.2) is 73.9 Å². The number of aliphatic carboxylic acids is 1. The molecule has 0 spiro atoms. The zero-order chi connectivity index (χ0) is 23.3. The third-order valence-corrected chi connectivity index (χ3v) is 5.21. The lowest BCUT2D eigenvalue weighted by Gasteiger charge is -2.39. The molecule has 172 valence electrons. The molecule has 0 aliphatic carbocycles. The van der Waals surface area contributed by atoms with Gasteiger partial charge < -0.3 is 40.1 Å². The first-order valence-corrected chi connectivity index (χ1v) is 10.1. The molecule has 0 unspecified atom stereocenters. The van der Waals surface area contributed by atoms with Crippen molar-refractivity contribution in [3.8, 4) is 11.5 Å². The van der Waals surface area contributed by atoms with Crippen LogP contribution in [0.15, 0.2) is 48.5 Å². The molecule has 2 aromatic carbocycles. The summed E-state index contributed by atoms with van der Waals surface area (Å²) < 4.78 is 11.2. The van der Waals surface area contributed by atoms with Gasteiger partial charge in [-0.25, -0.2) is 4.79 Å². The van der Waals surface area contributed by atoms with Gasteiger partial charge in [-0.15, -0.1) is 0 Å². The summed E-state index contributed by atoms with van der Waals surface area (Å²) in [6.07, 6.45) is -3.69. The second-order valence-corrected chi connectivity index (χ2v) is 7.53. The van der Waals surface area contributed by atoms with Crippen LogP contribution in [0.4, 0.5) is 0 Å². The van der Waals surface area contributed by atoms with E-state index < -0.39 is 43.3 Å². The van der Waals surface area contributed by atoms with E-state index in [1.165, 1.54) is 6.08 Å². The number of aliphatic hydroxyl groups is 4. The van der Waals surface area contributed by atoms with E-state index in [1.807, 2.05) is 18.2 Å². The van der Waals surface area contributed by atoms with Gasteiger partial charge in [0.2, 0.25) is 6.29 Å². The third kappa shape index (κ3) is 5.84. The SMILES string of the molecule is O=C(O)/C=C/c1ccc(CCc2ccc(O)cc2)cc1O[C@@H]1O[C@H](CO)[C@@H](O)[C@H](O)[C@H]1O. The van der Waals surface area contributed by atoms with Gasteiger partial charge in [0, 0.05) is 11.6 Å². The Labute approximate surface area is 184 Å². The molecule has 1 aliphatic rings. The molecule has 1 heterocycles. The summed E-state index contributed by atoms with van der Waals surface area (Å²) >= 11 is 0. The lowest BCUT2D eigenvalue weighted by Crippen LogP contribution is -2.60. The predicted molar refractivity (Wildman–Crippen MR) is 113 cm³/mol. The van der Waals surface area contributed by atoms with Gasteiger partial charge >= 0.3 is 5.97 Å². The molecule has 0 amide bonds. The zero-order valence-electron chi connectivity index (χ0n) is 17.1. The van der Waals surface area contributed by atoms with Crippen LogP contribution >= 0.6 is 0 Å². The Morgan fingerprint density at radius 1 is 0.969 bits per heavy atom. The summed E-state index contributed by atoms with van der Waals surface area (Å²) in [4.78, 5) is 10.9. The number of phenolic OH excluding ortho intramolecular Hbond substituents is 1. The van der Waals surface area contributed by atoms with E-state index in [9.17, 15) is 30.3 Å². The van der Waals surface area contributed by atoms with Gasteiger partial charge in [0.1, 0.15) is 35.9 Å². The van der Waals surface area contributed by atoms with E-state index in [-0.39, 0.29) is 11.5 Å². The molecule has 0 saturated carbocycles. The molecule has 9 nitrogen and oxygen atoms in total. The van der Waals surface area contributed by atoms with Crippen LogP contribution in [-0.2, 0) is 22.4 Å². The molecule has 1 saturated heterocycles. The van der Waals surface area contributed by atoms with Crippen LogP contribution in [0.5, 0.6) is 11.5 Å². The molecule has 1 fully saturated rings. The number of rotatable bonds is 8. The van der Waals surface area contributed by atoms with Crippen molar-refractivity contribution in [2.24, 2.45) is 0 Å². The largest absolute Gasteiger partial charge is 0.508 e. The second-order valence-electron chi connectivity index (χ2n) is 7.53. The predicted octanol–water partition coefficient (Wildman–Crippen LogP) is 0.454. The molecule has 5 atom stereocenters. The molecule has 0 radical (unpaired) electrons. The number of aryl methyl sites for hydroxylation is 2.